The van der Waals surface area contributed by atoms with E-state index in [9.17, 15) is 14.7 Å². The summed E-state index contributed by atoms with van der Waals surface area (Å²) in [6.45, 7) is 7.07. The van der Waals surface area contributed by atoms with E-state index < -0.39 is 17.7 Å². The topological polar surface area (TPSA) is 89.2 Å². The third-order valence-corrected chi connectivity index (χ3v) is 5.39. The Morgan fingerprint density at radius 3 is 2.24 bits per heavy atom. The van der Waals surface area contributed by atoms with Gasteiger partial charge in [-0.3, -0.25) is 14.5 Å². The van der Waals surface area contributed by atoms with Gasteiger partial charge in [0, 0.05) is 11.3 Å². The second-order valence-corrected chi connectivity index (χ2v) is 8.34. The normalized spacial score (nSPS) is 17.4. The summed E-state index contributed by atoms with van der Waals surface area (Å²) in [5, 5.41) is 11.1. The molecule has 1 saturated heterocycles. The Bertz CT molecular complexity index is 1180. The van der Waals surface area contributed by atoms with Crippen molar-refractivity contribution in [2.45, 2.75) is 26.8 Å². The molecule has 34 heavy (non-hydrogen) atoms. The average Bonchev–Trinajstić information content (AvgIpc) is 3.45. The number of benzene rings is 2. The molecular formula is C27H27NO6. The largest absolute Gasteiger partial charge is 0.507 e. The van der Waals surface area contributed by atoms with Gasteiger partial charge in [-0.1, -0.05) is 13.8 Å². The highest BCUT2D eigenvalue weighted by atomic mass is 16.5. The summed E-state index contributed by atoms with van der Waals surface area (Å²) in [4.78, 5) is 27.6. The molecule has 1 amide bonds. The molecule has 1 aliphatic heterocycles. The van der Waals surface area contributed by atoms with Crippen molar-refractivity contribution in [1.82, 2.24) is 0 Å². The van der Waals surface area contributed by atoms with Gasteiger partial charge < -0.3 is 19.0 Å². The van der Waals surface area contributed by atoms with Gasteiger partial charge in [0.25, 0.3) is 11.7 Å². The molecule has 4 rings (SSSR count). The van der Waals surface area contributed by atoms with E-state index in [1.54, 1.807) is 60.7 Å². The van der Waals surface area contributed by atoms with Crippen molar-refractivity contribution in [2.24, 2.45) is 5.92 Å². The number of ether oxygens (including phenoxy) is 2. The molecule has 176 valence electrons. The van der Waals surface area contributed by atoms with Crippen molar-refractivity contribution >= 4 is 23.1 Å². The number of hydrogen-bond acceptors (Lipinski definition) is 6. The van der Waals surface area contributed by atoms with E-state index in [1.165, 1.54) is 11.2 Å². The van der Waals surface area contributed by atoms with Gasteiger partial charge in [0.05, 0.1) is 25.1 Å². The Labute approximate surface area is 198 Å². The number of hydrogen-bond donors (Lipinski definition) is 1. The van der Waals surface area contributed by atoms with Crippen molar-refractivity contribution in [2.75, 3.05) is 18.1 Å². The molecule has 3 aromatic rings. The van der Waals surface area contributed by atoms with Crippen LogP contribution in [0.1, 0.15) is 38.1 Å². The molecule has 1 aromatic heterocycles. The van der Waals surface area contributed by atoms with Gasteiger partial charge in [0.1, 0.15) is 29.1 Å². The van der Waals surface area contributed by atoms with Crippen LogP contribution in [0.3, 0.4) is 0 Å². The zero-order chi connectivity index (χ0) is 24.2. The predicted octanol–water partition coefficient (Wildman–Crippen LogP) is 5.34. The molecule has 1 fully saturated rings. The maximum Gasteiger partial charge on any atom is 0.300 e. The second-order valence-electron chi connectivity index (χ2n) is 8.34. The summed E-state index contributed by atoms with van der Waals surface area (Å²) in [6.07, 6.45) is 1.47. The van der Waals surface area contributed by atoms with E-state index >= 15 is 0 Å². The minimum Gasteiger partial charge on any atom is -0.507 e. The zero-order valence-corrected chi connectivity index (χ0v) is 19.4. The van der Waals surface area contributed by atoms with Crippen LogP contribution in [0.2, 0.25) is 0 Å². The van der Waals surface area contributed by atoms with E-state index in [0.717, 1.165) is 0 Å². The molecule has 7 nitrogen and oxygen atoms in total. The maximum atomic E-state index is 13.1. The van der Waals surface area contributed by atoms with Crippen LogP contribution in [-0.4, -0.2) is 30.0 Å². The molecule has 1 unspecified atom stereocenters. The Hall–Kier alpha value is -4.00. The lowest BCUT2D eigenvalue weighted by atomic mass is 9.99. The van der Waals surface area contributed by atoms with Crippen molar-refractivity contribution in [1.29, 1.82) is 0 Å². The predicted molar refractivity (Wildman–Crippen MR) is 128 cm³/mol. The van der Waals surface area contributed by atoms with Crippen LogP contribution < -0.4 is 14.4 Å². The molecule has 0 spiro atoms. The number of nitrogens with zero attached hydrogens (tertiary/aromatic N) is 1. The highest BCUT2D eigenvalue weighted by molar-refractivity contribution is 6.51. The van der Waals surface area contributed by atoms with Gasteiger partial charge in [-0.25, -0.2) is 0 Å². The number of carbonyl (C=O) groups excluding carboxylic acids is 2. The van der Waals surface area contributed by atoms with Crippen molar-refractivity contribution in [3.8, 4) is 11.5 Å². The molecule has 2 aromatic carbocycles. The van der Waals surface area contributed by atoms with E-state index in [2.05, 4.69) is 13.8 Å². The van der Waals surface area contributed by atoms with Crippen LogP contribution in [0.5, 0.6) is 11.5 Å². The van der Waals surface area contributed by atoms with Crippen molar-refractivity contribution in [3.63, 3.8) is 0 Å². The van der Waals surface area contributed by atoms with Crippen LogP contribution in [0.4, 0.5) is 5.69 Å². The molecule has 0 radical (unpaired) electrons. The first kappa shape index (κ1) is 23.2. The first-order valence-electron chi connectivity index (χ1n) is 11.2. The van der Waals surface area contributed by atoms with Gasteiger partial charge in [-0.15, -0.1) is 0 Å². The first-order valence-corrected chi connectivity index (χ1v) is 11.2. The van der Waals surface area contributed by atoms with Gasteiger partial charge in [-0.05, 0) is 73.5 Å². The van der Waals surface area contributed by atoms with Gasteiger partial charge in [-0.2, -0.15) is 0 Å². The van der Waals surface area contributed by atoms with Crippen LogP contribution in [0.15, 0.2) is 76.9 Å². The lowest BCUT2D eigenvalue weighted by Crippen LogP contribution is -2.29. The SMILES string of the molecule is CCOc1ccc(N2C(=O)C(=O)/C(=C(\O)c3ccc(OCC(C)C)cc3)C2c2ccco2)cc1. The summed E-state index contributed by atoms with van der Waals surface area (Å²) < 4.78 is 16.8. The van der Waals surface area contributed by atoms with Crippen molar-refractivity contribution < 1.29 is 28.6 Å². The Kier molecular flexibility index (Phi) is 6.72. The van der Waals surface area contributed by atoms with E-state index in [0.29, 0.717) is 47.6 Å². The summed E-state index contributed by atoms with van der Waals surface area (Å²) in [5.74, 6) is 0.242. The van der Waals surface area contributed by atoms with Gasteiger partial charge in [0.15, 0.2) is 0 Å². The first-order chi connectivity index (χ1) is 16.4. The molecule has 1 aliphatic rings. The van der Waals surface area contributed by atoms with Crippen LogP contribution in [0.25, 0.3) is 5.76 Å². The summed E-state index contributed by atoms with van der Waals surface area (Å²) in [7, 11) is 0. The zero-order valence-electron chi connectivity index (χ0n) is 19.4. The molecule has 7 heteroatoms. The average molecular weight is 462 g/mol. The number of furan rings is 1. The molecule has 0 bridgehead atoms. The Balaban J connectivity index is 1.74. The van der Waals surface area contributed by atoms with Crippen LogP contribution in [-0.2, 0) is 9.59 Å². The number of carbonyl (C=O) groups is 2. The van der Waals surface area contributed by atoms with E-state index in [4.69, 9.17) is 13.9 Å². The molecule has 1 N–H and O–H groups in total. The number of amides is 1. The fourth-order valence-corrected chi connectivity index (χ4v) is 3.81. The van der Waals surface area contributed by atoms with E-state index in [1.807, 2.05) is 6.92 Å². The third kappa shape index (κ3) is 4.55. The van der Waals surface area contributed by atoms with Crippen LogP contribution in [0, 0.1) is 5.92 Å². The van der Waals surface area contributed by atoms with Gasteiger partial charge in [0.2, 0.25) is 0 Å². The Morgan fingerprint density at radius 1 is 1.00 bits per heavy atom. The fraction of sp³-hybridized carbons (Fsp3) is 0.259. The number of anilines is 1. The molecule has 2 heterocycles. The minimum atomic E-state index is -0.912. The highest BCUT2D eigenvalue weighted by Crippen LogP contribution is 2.42. The van der Waals surface area contributed by atoms with Gasteiger partial charge >= 0.3 is 0 Å². The molecule has 1 atom stereocenters. The Morgan fingerprint density at radius 2 is 1.65 bits per heavy atom. The number of aliphatic hydroxyl groups is 1. The maximum absolute atomic E-state index is 13.1. The standard InChI is InChI=1S/C27H27NO6/c1-4-32-20-13-9-19(10-14-20)28-24(22-6-5-15-33-22)23(26(30)27(28)31)25(29)18-7-11-21(12-8-18)34-16-17(2)3/h5-15,17,24,29H,4,16H2,1-3H3/b25-23-. The molecule has 0 saturated carbocycles. The lowest BCUT2D eigenvalue weighted by Gasteiger charge is -2.23. The number of Topliss-reactive ketones (excluding diaryl/α,β-unsaturated/α-hetero) is 1. The fourth-order valence-electron chi connectivity index (χ4n) is 3.81. The third-order valence-electron chi connectivity index (χ3n) is 5.39. The summed E-state index contributed by atoms with van der Waals surface area (Å²) in [5.41, 5.74) is 0.853. The highest BCUT2D eigenvalue weighted by Gasteiger charge is 2.48. The second kappa shape index (κ2) is 9.87. The van der Waals surface area contributed by atoms with E-state index in [-0.39, 0.29) is 11.3 Å². The lowest BCUT2D eigenvalue weighted by molar-refractivity contribution is -0.132. The summed E-state index contributed by atoms with van der Waals surface area (Å²) >= 11 is 0. The quantitative estimate of drug-likeness (QED) is 0.277. The molecular weight excluding hydrogens is 434 g/mol. The number of aliphatic hydroxyl groups excluding tert-OH is 1. The van der Waals surface area contributed by atoms with Crippen LogP contribution >= 0.6 is 0 Å². The number of rotatable bonds is 8. The van der Waals surface area contributed by atoms with Crippen molar-refractivity contribution in [3.05, 3.63) is 83.8 Å². The minimum absolute atomic E-state index is 0.0373. The smallest absolute Gasteiger partial charge is 0.300 e. The monoisotopic (exact) mass is 461 g/mol. The molecule has 0 aliphatic carbocycles. The summed E-state index contributed by atoms with van der Waals surface area (Å²) in [6, 6.07) is 16.1. The number of ketones is 1.